The number of halogens is 3. The third-order valence-electron chi connectivity index (χ3n) is 5.59. The van der Waals surface area contributed by atoms with Crippen molar-refractivity contribution >= 4 is 76.0 Å². The van der Waals surface area contributed by atoms with Crippen molar-refractivity contribution in [1.82, 2.24) is 5.32 Å². The zero-order valence-electron chi connectivity index (χ0n) is 21.2. The fraction of sp³-hybridized carbons (Fsp3) is 0.143. The van der Waals surface area contributed by atoms with Crippen LogP contribution in [0.4, 0.5) is 16.2 Å². The summed E-state index contributed by atoms with van der Waals surface area (Å²) in [6.07, 6.45) is 1.26. The van der Waals surface area contributed by atoms with E-state index in [4.69, 9.17) is 44.3 Å². The molecule has 0 bridgehead atoms. The molecule has 0 atom stereocenters. The van der Waals surface area contributed by atoms with E-state index < -0.39 is 23.8 Å². The summed E-state index contributed by atoms with van der Waals surface area (Å²) in [6.45, 7) is 3.57. The van der Waals surface area contributed by atoms with Gasteiger partial charge in [0.1, 0.15) is 5.57 Å². The first-order valence-corrected chi connectivity index (χ1v) is 13.0. The number of ether oxygens (including phenoxy) is 2. The molecule has 40 heavy (non-hydrogen) atoms. The third-order valence-corrected chi connectivity index (χ3v) is 6.61. The number of amides is 5. The predicted molar refractivity (Wildman–Crippen MR) is 153 cm³/mol. The Morgan fingerprint density at radius 2 is 1.68 bits per heavy atom. The Bertz CT molecular complexity index is 1540. The summed E-state index contributed by atoms with van der Waals surface area (Å²) in [4.78, 5) is 51.5. The summed E-state index contributed by atoms with van der Waals surface area (Å²) in [7, 11) is 0. The molecule has 9 nitrogen and oxygen atoms in total. The standard InChI is InChI=1S/C28H22Cl3N3O6/c1-3-39-23-12-16(11-22(31)25(23)40-14-24(35)32-17-6-4-15(2)5-7-17)10-19-26(36)33-28(38)34(27(19)37)18-8-9-20(29)21(30)13-18/h4-13H,3,14H2,1-2H3,(H,32,35)(H,33,36,38)/b19-10+. The fourth-order valence-electron chi connectivity index (χ4n) is 3.73. The fourth-order valence-corrected chi connectivity index (χ4v) is 4.29. The van der Waals surface area contributed by atoms with E-state index in [0.717, 1.165) is 10.5 Å². The summed E-state index contributed by atoms with van der Waals surface area (Å²) in [5.74, 6) is -1.89. The van der Waals surface area contributed by atoms with Gasteiger partial charge in [-0.05, 0) is 68.0 Å². The highest BCUT2D eigenvalue weighted by atomic mass is 35.5. The molecule has 0 aliphatic carbocycles. The van der Waals surface area contributed by atoms with Gasteiger partial charge in [0.25, 0.3) is 17.7 Å². The van der Waals surface area contributed by atoms with Crippen molar-refractivity contribution in [3.8, 4) is 11.5 Å². The second-order valence-corrected chi connectivity index (χ2v) is 9.74. The van der Waals surface area contributed by atoms with E-state index >= 15 is 0 Å². The first kappa shape index (κ1) is 28.9. The Balaban J connectivity index is 1.58. The van der Waals surface area contributed by atoms with E-state index in [2.05, 4.69) is 10.6 Å². The van der Waals surface area contributed by atoms with Crippen molar-refractivity contribution in [1.29, 1.82) is 0 Å². The lowest BCUT2D eigenvalue weighted by molar-refractivity contribution is -0.122. The smallest absolute Gasteiger partial charge is 0.335 e. The average Bonchev–Trinajstić information content (AvgIpc) is 2.89. The summed E-state index contributed by atoms with van der Waals surface area (Å²) >= 11 is 18.4. The van der Waals surface area contributed by atoms with E-state index in [-0.39, 0.29) is 51.0 Å². The summed E-state index contributed by atoms with van der Waals surface area (Å²) in [5, 5.41) is 5.29. The van der Waals surface area contributed by atoms with Crippen LogP contribution >= 0.6 is 34.8 Å². The lowest BCUT2D eigenvalue weighted by atomic mass is 10.1. The number of nitrogens with one attached hydrogen (secondary N) is 2. The van der Waals surface area contributed by atoms with Crippen LogP contribution in [-0.4, -0.2) is 37.0 Å². The normalized spacial score (nSPS) is 14.3. The Labute approximate surface area is 244 Å². The predicted octanol–water partition coefficient (Wildman–Crippen LogP) is 6.04. The van der Waals surface area contributed by atoms with Crippen LogP contribution in [0.3, 0.4) is 0 Å². The molecule has 4 rings (SSSR count). The second-order valence-electron chi connectivity index (χ2n) is 8.52. The molecule has 1 fully saturated rings. The number of carbonyl (C=O) groups excluding carboxylic acids is 4. The first-order valence-electron chi connectivity index (χ1n) is 11.9. The van der Waals surface area contributed by atoms with E-state index in [1.54, 1.807) is 19.1 Å². The van der Waals surface area contributed by atoms with Gasteiger partial charge in [-0.1, -0.05) is 52.5 Å². The van der Waals surface area contributed by atoms with Crippen LogP contribution in [0.25, 0.3) is 6.08 Å². The van der Waals surface area contributed by atoms with Crippen molar-refractivity contribution in [2.75, 3.05) is 23.4 Å². The number of benzene rings is 3. The Hall–Kier alpha value is -4.05. The van der Waals surface area contributed by atoms with Crippen molar-refractivity contribution in [3.63, 3.8) is 0 Å². The number of hydrogen-bond donors (Lipinski definition) is 2. The molecule has 0 radical (unpaired) electrons. The lowest BCUT2D eigenvalue weighted by Gasteiger charge is -2.26. The number of anilines is 2. The minimum Gasteiger partial charge on any atom is -0.490 e. The van der Waals surface area contributed by atoms with Gasteiger partial charge in [-0.2, -0.15) is 0 Å². The highest BCUT2D eigenvalue weighted by Crippen LogP contribution is 2.38. The van der Waals surface area contributed by atoms with E-state index in [1.165, 1.54) is 36.4 Å². The molecule has 1 saturated heterocycles. The van der Waals surface area contributed by atoms with Gasteiger partial charge < -0.3 is 14.8 Å². The quantitative estimate of drug-likeness (QED) is 0.240. The molecule has 1 aliphatic rings. The molecule has 0 saturated carbocycles. The SMILES string of the molecule is CCOc1cc(/C=C2\C(=O)NC(=O)N(c3ccc(Cl)c(Cl)c3)C2=O)cc(Cl)c1OCC(=O)Nc1ccc(C)cc1. The van der Waals surface area contributed by atoms with Gasteiger partial charge in [0, 0.05) is 5.69 Å². The van der Waals surface area contributed by atoms with Crippen molar-refractivity contribution < 1.29 is 28.7 Å². The van der Waals surface area contributed by atoms with E-state index in [1.807, 2.05) is 19.1 Å². The van der Waals surface area contributed by atoms with Gasteiger partial charge in [-0.15, -0.1) is 0 Å². The van der Waals surface area contributed by atoms with Gasteiger partial charge in [0.05, 0.1) is 27.4 Å². The summed E-state index contributed by atoms with van der Waals surface area (Å²) < 4.78 is 11.3. The maximum Gasteiger partial charge on any atom is 0.335 e. The molecule has 206 valence electrons. The molecule has 1 aliphatic heterocycles. The Morgan fingerprint density at radius 3 is 2.35 bits per heavy atom. The van der Waals surface area contributed by atoms with Gasteiger partial charge in [-0.3, -0.25) is 19.7 Å². The average molecular weight is 603 g/mol. The zero-order valence-corrected chi connectivity index (χ0v) is 23.5. The van der Waals surface area contributed by atoms with Gasteiger partial charge in [0.2, 0.25) is 0 Å². The van der Waals surface area contributed by atoms with Crippen LogP contribution in [0, 0.1) is 6.92 Å². The van der Waals surface area contributed by atoms with Crippen molar-refractivity contribution in [2.24, 2.45) is 0 Å². The Morgan fingerprint density at radius 1 is 0.950 bits per heavy atom. The summed E-state index contributed by atoms with van der Waals surface area (Å²) in [6, 6.07) is 13.4. The highest BCUT2D eigenvalue weighted by Gasteiger charge is 2.37. The monoisotopic (exact) mass is 601 g/mol. The molecule has 0 unspecified atom stereocenters. The maximum atomic E-state index is 13.2. The molecular weight excluding hydrogens is 581 g/mol. The van der Waals surface area contributed by atoms with Gasteiger partial charge in [-0.25, -0.2) is 9.69 Å². The second kappa shape index (κ2) is 12.4. The van der Waals surface area contributed by atoms with E-state index in [0.29, 0.717) is 11.3 Å². The number of hydrogen-bond acceptors (Lipinski definition) is 6. The lowest BCUT2D eigenvalue weighted by Crippen LogP contribution is -2.54. The number of urea groups is 1. The maximum absolute atomic E-state index is 13.2. The Kier molecular flexibility index (Phi) is 8.99. The molecular formula is C28H22Cl3N3O6. The molecule has 3 aromatic rings. The van der Waals surface area contributed by atoms with Crippen LogP contribution < -0.4 is 25.0 Å². The van der Waals surface area contributed by atoms with Crippen LogP contribution in [0.15, 0.2) is 60.2 Å². The van der Waals surface area contributed by atoms with E-state index in [9.17, 15) is 19.2 Å². The molecule has 1 heterocycles. The number of aryl methyl sites for hydroxylation is 1. The number of carbonyl (C=O) groups is 4. The van der Waals surface area contributed by atoms with Gasteiger partial charge >= 0.3 is 6.03 Å². The highest BCUT2D eigenvalue weighted by molar-refractivity contribution is 6.43. The molecule has 5 amide bonds. The number of imide groups is 2. The number of barbiturate groups is 1. The van der Waals surface area contributed by atoms with Crippen LogP contribution in [0.2, 0.25) is 15.1 Å². The van der Waals surface area contributed by atoms with Crippen LogP contribution in [0.1, 0.15) is 18.1 Å². The topological polar surface area (TPSA) is 114 Å². The largest absolute Gasteiger partial charge is 0.490 e. The minimum atomic E-state index is -0.939. The van der Waals surface area contributed by atoms with Crippen LogP contribution in [0.5, 0.6) is 11.5 Å². The zero-order chi connectivity index (χ0) is 29.0. The minimum absolute atomic E-state index is 0.0713. The molecule has 3 aromatic carbocycles. The summed E-state index contributed by atoms with van der Waals surface area (Å²) in [5.41, 5.74) is 1.76. The van der Waals surface area contributed by atoms with Crippen LogP contribution in [-0.2, 0) is 14.4 Å². The molecule has 0 aromatic heterocycles. The number of rotatable bonds is 8. The first-order chi connectivity index (χ1) is 19.1. The van der Waals surface area contributed by atoms with Crippen molar-refractivity contribution in [3.05, 3.63) is 86.4 Å². The number of nitrogens with zero attached hydrogens (tertiary/aromatic N) is 1. The van der Waals surface area contributed by atoms with Crippen molar-refractivity contribution in [2.45, 2.75) is 13.8 Å². The molecule has 0 spiro atoms. The molecule has 2 N–H and O–H groups in total. The third kappa shape index (κ3) is 6.56. The van der Waals surface area contributed by atoms with Gasteiger partial charge in [0.15, 0.2) is 18.1 Å². The molecule has 12 heteroatoms.